The largest absolute Gasteiger partial charge is 0.506 e. The molecule has 1 aliphatic rings. The average molecular weight is 322 g/mol. The first-order valence-corrected chi connectivity index (χ1v) is 8.66. The van der Waals surface area contributed by atoms with Gasteiger partial charge in [-0.1, -0.05) is 25.1 Å². The van der Waals surface area contributed by atoms with E-state index in [1.54, 1.807) is 12.1 Å². The number of phenolic OH excluding ortho intramolecular Hbond substituents is 1. The van der Waals surface area contributed by atoms with Gasteiger partial charge in [0.05, 0.1) is 0 Å². The summed E-state index contributed by atoms with van der Waals surface area (Å²) in [6.45, 7) is 10.2. The van der Waals surface area contributed by atoms with Gasteiger partial charge in [-0.3, -0.25) is 4.99 Å². The lowest BCUT2D eigenvalue weighted by molar-refractivity contribution is 0.381. The molecule has 0 aromatic heterocycles. The van der Waals surface area contributed by atoms with Crippen LogP contribution in [0.25, 0.3) is 0 Å². The van der Waals surface area contributed by atoms with Crippen LogP contribution in [0.3, 0.4) is 0 Å². The molecule has 0 radical (unpaired) electrons. The van der Waals surface area contributed by atoms with Gasteiger partial charge in [0.25, 0.3) is 0 Å². The molecular formula is C21H26N2O. The molecule has 2 aromatic carbocycles. The van der Waals surface area contributed by atoms with Crippen LogP contribution in [0.5, 0.6) is 5.75 Å². The topological polar surface area (TPSA) is 35.8 Å². The molecule has 0 saturated carbocycles. The summed E-state index contributed by atoms with van der Waals surface area (Å²) in [7, 11) is 0. The molecule has 126 valence electrons. The normalized spacial score (nSPS) is 19.5. The van der Waals surface area contributed by atoms with E-state index in [4.69, 9.17) is 0 Å². The summed E-state index contributed by atoms with van der Waals surface area (Å²) in [5.41, 5.74) is 4.57. The second-order valence-corrected chi connectivity index (χ2v) is 7.23. The molecule has 3 rings (SSSR count). The van der Waals surface area contributed by atoms with Crippen LogP contribution in [-0.4, -0.2) is 23.4 Å². The number of phenols is 1. The van der Waals surface area contributed by atoms with E-state index < -0.39 is 0 Å². The van der Waals surface area contributed by atoms with Crippen molar-refractivity contribution in [2.24, 2.45) is 4.99 Å². The minimum absolute atomic E-state index is 0.187. The standard InChI is InChI=1S/C21H26N2O/c1-5-23-19-11-10-16(12-17(19)15(2)13-21(23,3)4)14-22-18-8-6-7-9-20(18)24/h6-12,14-15,24H,5,13H2,1-4H3/t15-/m0/s1. The van der Waals surface area contributed by atoms with Crippen LogP contribution < -0.4 is 4.90 Å². The molecule has 0 aliphatic carbocycles. The smallest absolute Gasteiger partial charge is 0.141 e. The van der Waals surface area contributed by atoms with Gasteiger partial charge in [0, 0.05) is 24.0 Å². The van der Waals surface area contributed by atoms with E-state index in [9.17, 15) is 5.11 Å². The number of para-hydroxylation sites is 2. The number of nitrogens with zero attached hydrogens (tertiary/aromatic N) is 2. The first kappa shape index (κ1) is 16.6. The van der Waals surface area contributed by atoms with Crippen molar-refractivity contribution in [3.05, 3.63) is 53.6 Å². The third-order valence-electron chi connectivity index (χ3n) is 4.96. The van der Waals surface area contributed by atoms with Crippen molar-refractivity contribution in [3.8, 4) is 5.75 Å². The number of rotatable bonds is 3. The minimum atomic E-state index is 0.187. The summed E-state index contributed by atoms with van der Waals surface area (Å²) in [5.74, 6) is 0.732. The molecule has 1 aliphatic heterocycles. The summed E-state index contributed by atoms with van der Waals surface area (Å²) in [4.78, 5) is 6.92. The van der Waals surface area contributed by atoms with Gasteiger partial charge in [0.1, 0.15) is 11.4 Å². The number of fused-ring (bicyclic) bond motifs is 1. The monoisotopic (exact) mass is 322 g/mol. The Morgan fingerprint density at radius 2 is 2.00 bits per heavy atom. The Morgan fingerprint density at radius 1 is 1.25 bits per heavy atom. The molecule has 24 heavy (non-hydrogen) atoms. The summed E-state index contributed by atoms with van der Waals surface area (Å²) in [6.07, 6.45) is 2.98. The van der Waals surface area contributed by atoms with Crippen molar-refractivity contribution in [3.63, 3.8) is 0 Å². The molecule has 0 bridgehead atoms. The minimum Gasteiger partial charge on any atom is -0.506 e. The Morgan fingerprint density at radius 3 is 2.71 bits per heavy atom. The highest BCUT2D eigenvalue weighted by molar-refractivity contribution is 5.84. The highest BCUT2D eigenvalue weighted by atomic mass is 16.3. The van der Waals surface area contributed by atoms with Crippen LogP contribution in [0.15, 0.2) is 47.5 Å². The van der Waals surface area contributed by atoms with Crippen molar-refractivity contribution in [1.82, 2.24) is 0 Å². The molecule has 1 N–H and O–H groups in total. The van der Waals surface area contributed by atoms with E-state index in [0.717, 1.165) is 18.5 Å². The fourth-order valence-corrected chi connectivity index (χ4v) is 3.91. The lowest BCUT2D eigenvalue weighted by Gasteiger charge is -2.47. The van der Waals surface area contributed by atoms with E-state index in [-0.39, 0.29) is 11.3 Å². The molecule has 0 amide bonds. The fraction of sp³-hybridized carbons (Fsp3) is 0.381. The average Bonchev–Trinajstić information content (AvgIpc) is 2.54. The van der Waals surface area contributed by atoms with Crippen LogP contribution in [0.1, 0.15) is 51.2 Å². The number of anilines is 1. The molecule has 1 heterocycles. The molecule has 0 saturated heterocycles. The second kappa shape index (κ2) is 6.31. The van der Waals surface area contributed by atoms with Crippen LogP contribution in [-0.2, 0) is 0 Å². The van der Waals surface area contributed by atoms with Crippen molar-refractivity contribution in [2.45, 2.75) is 45.6 Å². The first-order valence-electron chi connectivity index (χ1n) is 8.66. The summed E-state index contributed by atoms with van der Waals surface area (Å²) >= 11 is 0. The lowest BCUT2D eigenvalue weighted by Crippen LogP contribution is -2.48. The van der Waals surface area contributed by atoms with Crippen LogP contribution in [0.4, 0.5) is 11.4 Å². The SMILES string of the molecule is CCN1c2ccc(C=Nc3ccccc3O)cc2[C@@H](C)CC1(C)C. The summed E-state index contributed by atoms with van der Waals surface area (Å²) in [6, 6.07) is 13.7. The van der Waals surface area contributed by atoms with Gasteiger partial charge >= 0.3 is 0 Å². The van der Waals surface area contributed by atoms with E-state index >= 15 is 0 Å². The van der Waals surface area contributed by atoms with Crippen LogP contribution in [0.2, 0.25) is 0 Å². The van der Waals surface area contributed by atoms with Crippen molar-refractivity contribution < 1.29 is 5.11 Å². The zero-order chi connectivity index (χ0) is 17.3. The van der Waals surface area contributed by atoms with Gasteiger partial charge in [-0.05, 0) is 68.5 Å². The van der Waals surface area contributed by atoms with E-state index in [1.807, 2.05) is 18.3 Å². The molecule has 0 spiro atoms. The number of hydrogen-bond acceptors (Lipinski definition) is 3. The number of benzene rings is 2. The van der Waals surface area contributed by atoms with Crippen LogP contribution >= 0.6 is 0 Å². The predicted molar refractivity (Wildman–Crippen MR) is 102 cm³/mol. The first-order chi connectivity index (χ1) is 11.4. The number of hydrogen-bond donors (Lipinski definition) is 1. The predicted octanol–water partition coefficient (Wildman–Crippen LogP) is 5.25. The third-order valence-corrected chi connectivity index (χ3v) is 4.96. The zero-order valence-electron chi connectivity index (χ0n) is 15.0. The molecule has 0 unspecified atom stereocenters. The highest BCUT2D eigenvalue weighted by Gasteiger charge is 2.35. The third kappa shape index (κ3) is 3.03. The fourth-order valence-electron chi connectivity index (χ4n) is 3.91. The van der Waals surface area contributed by atoms with Gasteiger partial charge in [-0.25, -0.2) is 0 Å². The molecule has 3 heteroatoms. The van der Waals surface area contributed by atoms with Gasteiger partial charge in [0.15, 0.2) is 0 Å². The molecule has 0 fully saturated rings. The highest BCUT2D eigenvalue weighted by Crippen LogP contribution is 2.43. The van der Waals surface area contributed by atoms with Crippen molar-refractivity contribution in [2.75, 3.05) is 11.4 Å². The maximum absolute atomic E-state index is 9.83. The maximum Gasteiger partial charge on any atom is 0.141 e. The van der Waals surface area contributed by atoms with Gasteiger partial charge < -0.3 is 10.0 Å². The zero-order valence-corrected chi connectivity index (χ0v) is 15.0. The molecular weight excluding hydrogens is 296 g/mol. The summed E-state index contributed by atoms with van der Waals surface area (Å²) < 4.78 is 0. The quantitative estimate of drug-likeness (QED) is 0.783. The maximum atomic E-state index is 9.83. The van der Waals surface area contributed by atoms with Gasteiger partial charge in [0.2, 0.25) is 0 Å². The lowest BCUT2D eigenvalue weighted by atomic mass is 9.79. The Labute approximate surface area is 144 Å². The second-order valence-electron chi connectivity index (χ2n) is 7.23. The van der Waals surface area contributed by atoms with Crippen molar-refractivity contribution in [1.29, 1.82) is 0 Å². The van der Waals surface area contributed by atoms with Gasteiger partial charge in [-0.15, -0.1) is 0 Å². The van der Waals surface area contributed by atoms with E-state index in [1.165, 1.54) is 11.3 Å². The molecule has 1 atom stereocenters. The number of aliphatic imine (C=N–C) groups is 1. The Hall–Kier alpha value is -2.29. The molecule has 3 nitrogen and oxygen atoms in total. The molecule has 2 aromatic rings. The Bertz CT molecular complexity index is 764. The van der Waals surface area contributed by atoms with E-state index in [0.29, 0.717) is 11.6 Å². The Kier molecular flexibility index (Phi) is 4.35. The number of aromatic hydroxyl groups is 1. The van der Waals surface area contributed by atoms with Gasteiger partial charge in [-0.2, -0.15) is 0 Å². The van der Waals surface area contributed by atoms with Crippen LogP contribution in [0, 0.1) is 0 Å². The Balaban J connectivity index is 1.94. The van der Waals surface area contributed by atoms with E-state index in [2.05, 4.69) is 55.8 Å². The van der Waals surface area contributed by atoms with Crippen molar-refractivity contribution >= 4 is 17.6 Å². The summed E-state index contributed by atoms with van der Waals surface area (Å²) in [5, 5.41) is 9.83.